The molecule has 5 heterocycles. The third-order valence-electron chi connectivity index (χ3n) is 13.1. The van der Waals surface area contributed by atoms with Crippen LogP contribution in [0.25, 0.3) is 17.1 Å². The number of imidazole rings is 2. The predicted molar refractivity (Wildman–Crippen MR) is 231 cm³/mol. The maximum atomic E-state index is 14.4. The number of aromatic amines is 2. The number of benzene rings is 2. The molecule has 4 amide bonds. The highest BCUT2D eigenvalue weighted by atomic mass is 19.1. The molecule has 16 heteroatoms. The summed E-state index contributed by atoms with van der Waals surface area (Å²) in [6.07, 6.45) is 7.45. The number of amides is 4. The number of H-pyrrole nitrogens is 2. The van der Waals surface area contributed by atoms with Gasteiger partial charge in [-0.3, -0.25) is 9.59 Å². The molecule has 0 radical (unpaired) electrons. The molecule has 4 N–H and O–H groups in total. The van der Waals surface area contributed by atoms with Gasteiger partial charge in [-0.15, -0.1) is 0 Å². The summed E-state index contributed by atoms with van der Waals surface area (Å²) in [5, 5.41) is 5.45. The molecule has 6 atom stereocenters. The molecule has 62 heavy (non-hydrogen) atoms. The summed E-state index contributed by atoms with van der Waals surface area (Å²) in [6.45, 7) is 8.76. The van der Waals surface area contributed by atoms with Crippen molar-refractivity contribution < 1.29 is 33.0 Å². The lowest BCUT2D eigenvalue weighted by atomic mass is 9.93. The van der Waals surface area contributed by atoms with E-state index in [1.807, 2.05) is 55.7 Å². The molecule has 2 aromatic carbocycles. The van der Waals surface area contributed by atoms with Crippen LogP contribution < -0.4 is 15.5 Å². The first-order chi connectivity index (χ1) is 29.8. The summed E-state index contributed by atoms with van der Waals surface area (Å²) in [5.41, 5.74) is 6.88. The molecule has 4 aromatic rings. The highest BCUT2D eigenvalue weighted by Gasteiger charge is 2.41. The second-order valence-corrected chi connectivity index (χ2v) is 17.7. The number of carbonyl (C=O) groups is 4. The zero-order valence-corrected chi connectivity index (χ0v) is 36.4. The van der Waals surface area contributed by atoms with Crippen LogP contribution >= 0.6 is 0 Å². The number of alkyl carbamates (subject to hydrolysis) is 2. The van der Waals surface area contributed by atoms with E-state index in [2.05, 4.69) is 43.7 Å². The third kappa shape index (κ3) is 8.35. The van der Waals surface area contributed by atoms with Gasteiger partial charge >= 0.3 is 12.2 Å². The normalized spacial score (nSPS) is 22.2. The van der Waals surface area contributed by atoms with Crippen molar-refractivity contribution in [2.75, 3.05) is 32.2 Å². The summed E-state index contributed by atoms with van der Waals surface area (Å²) in [4.78, 5) is 75.1. The quantitative estimate of drug-likeness (QED) is 0.121. The zero-order valence-electron chi connectivity index (χ0n) is 36.4. The molecule has 1 unspecified atom stereocenters. The van der Waals surface area contributed by atoms with Gasteiger partial charge in [0.2, 0.25) is 11.8 Å². The van der Waals surface area contributed by atoms with Crippen molar-refractivity contribution >= 4 is 46.8 Å². The second-order valence-electron chi connectivity index (χ2n) is 17.7. The average Bonchev–Trinajstić information content (AvgIpc) is 4.12. The number of anilines is 1. The minimum absolute atomic E-state index is 0.00929. The molecule has 1 aliphatic carbocycles. The number of rotatable bonds is 11. The Bertz CT molecular complexity index is 2340. The minimum atomic E-state index is -0.720. The van der Waals surface area contributed by atoms with Gasteiger partial charge < -0.3 is 44.8 Å². The monoisotopic (exact) mass is 851 g/mol. The smallest absolute Gasteiger partial charge is 0.407 e. The Hall–Kier alpha value is -5.93. The molecule has 0 spiro atoms. The Labute approximate surface area is 361 Å². The molecule has 15 nitrogen and oxygen atoms in total. The molecular formula is C46H58FN9O6. The van der Waals surface area contributed by atoms with Crippen molar-refractivity contribution in [2.24, 2.45) is 11.8 Å². The van der Waals surface area contributed by atoms with Gasteiger partial charge in [-0.05, 0) is 117 Å². The van der Waals surface area contributed by atoms with E-state index in [0.717, 1.165) is 90.9 Å². The van der Waals surface area contributed by atoms with E-state index in [9.17, 15) is 23.6 Å². The lowest BCUT2D eigenvalue weighted by Gasteiger charge is -2.35. The summed E-state index contributed by atoms with van der Waals surface area (Å²) in [6, 6.07) is 11.1. The summed E-state index contributed by atoms with van der Waals surface area (Å²) >= 11 is 0. The van der Waals surface area contributed by atoms with Gasteiger partial charge in [0.05, 0.1) is 55.1 Å². The van der Waals surface area contributed by atoms with E-state index < -0.39 is 24.3 Å². The Morgan fingerprint density at radius 2 is 1.31 bits per heavy atom. The molecule has 3 fully saturated rings. The van der Waals surface area contributed by atoms with Crippen molar-refractivity contribution in [1.29, 1.82) is 0 Å². The van der Waals surface area contributed by atoms with Gasteiger partial charge in [0.25, 0.3) is 0 Å². The summed E-state index contributed by atoms with van der Waals surface area (Å²) in [5.74, 6) is 0.621. The van der Waals surface area contributed by atoms with Gasteiger partial charge in [0.1, 0.15) is 29.5 Å². The number of aryl methyl sites for hydroxylation is 1. The van der Waals surface area contributed by atoms with E-state index in [1.165, 1.54) is 31.9 Å². The lowest BCUT2D eigenvalue weighted by Crippen LogP contribution is -2.51. The lowest BCUT2D eigenvalue weighted by molar-refractivity contribution is -0.136. The Morgan fingerprint density at radius 3 is 1.89 bits per heavy atom. The number of likely N-dealkylation sites (tertiary alicyclic amines) is 2. The van der Waals surface area contributed by atoms with Crippen LogP contribution in [0.15, 0.2) is 48.0 Å². The fourth-order valence-corrected chi connectivity index (χ4v) is 9.96. The number of nitrogens with zero attached hydrogens (tertiary/aromatic N) is 5. The molecule has 4 aliphatic rings. The topological polar surface area (TPSA) is 178 Å². The van der Waals surface area contributed by atoms with E-state index in [1.54, 1.807) is 0 Å². The number of hydrogen-bond acceptors (Lipinski definition) is 9. The number of halogens is 1. The van der Waals surface area contributed by atoms with Crippen LogP contribution in [0.2, 0.25) is 0 Å². The second kappa shape index (κ2) is 17.8. The van der Waals surface area contributed by atoms with Crippen molar-refractivity contribution in [1.82, 2.24) is 40.4 Å². The van der Waals surface area contributed by atoms with Crippen LogP contribution in [0, 0.1) is 17.7 Å². The first-order valence-corrected chi connectivity index (χ1v) is 22.0. The molecule has 2 aromatic heterocycles. The van der Waals surface area contributed by atoms with Gasteiger partial charge in [0.15, 0.2) is 0 Å². The van der Waals surface area contributed by atoms with Crippen molar-refractivity contribution in [2.45, 2.75) is 115 Å². The van der Waals surface area contributed by atoms with Gasteiger partial charge in [0, 0.05) is 24.5 Å². The number of carbonyl (C=O) groups excluding carboxylic acids is 4. The summed E-state index contributed by atoms with van der Waals surface area (Å²) in [7, 11) is 2.58. The number of fused-ring (bicyclic) bond motifs is 2. The fourth-order valence-electron chi connectivity index (χ4n) is 9.96. The molecule has 330 valence electrons. The number of methoxy groups -OCH3 is 2. The van der Waals surface area contributed by atoms with Crippen molar-refractivity contribution in [3.63, 3.8) is 0 Å². The Kier molecular flexibility index (Phi) is 12.3. The molecule has 0 saturated carbocycles. The highest BCUT2D eigenvalue weighted by molar-refractivity contribution is 5.87. The predicted octanol–water partition coefficient (Wildman–Crippen LogP) is 7.25. The highest BCUT2D eigenvalue weighted by Crippen LogP contribution is 2.45. The van der Waals surface area contributed by atoms with Crippen LogP contribution in [0.3, 0.4) is 0 Å². The minimum Gasteiger partial charge on any atom is -0.453 e. The Balaban J connectivity index is 1.05. The number of nitrogens with one attached hydrogen (secondary N) is 4. The molecule has 3 saturated heterocycles. The first-order valence-electron chi connectivity index (χ1n) is 22.0. The zero-order chi connectivity index (χ0) is 43.8. The van der Waals surface area contributed by atoms with E-state index in [0.29, 0.717) is 18.9 Å². The van der Waals surface area contributed by atoms with E-state index >= 15 is 0 Å². The number of hydrogen-bond donors (Lipinski definition) is 4. The van der Waals surface area contributed by atoms with E-state index in [4.69, 9.17) is 19.4 Å². The van der Waals surface area contributed by atoms with Crippen LogP contribution in [0.4, 0.5) is 19.7 Å². The van der Waals surface area contributed by atoms with Gasteiger partial charge in [-0.2, -0.15) is 0 Å². The van der Waals surface area contributed by atoms with Crippen LogP contribution in [0.5, 0.6) is 0 Å². The average molecular weight is 852 g/mol. The standard InChI is InChI=1S/C46H58FN9O6/c1-25(2)39(52-45(59)61-5)43(57)54-21-7-9-37(54)41-48-31-17-11-27(23-33(31)50-41)35-19-20-36(56(35)30-15-13-29(47)14-16-30)28-12-18-32-34(24-28)51-42(49-32)38-10-8-22-55(38)44(58)40(26(3)4)53-46(60)62-6/h11,13-17,23-26,35-40H,7-10,12,18-22H2,1-6H3,(H,48,50)(H,49,51)(H,52,59)(H,53,60)/t35-,36-,37?,38+,39+,40+/m1/s1. The molecular weight excluding hydrogens is 794 g/mol. The van der Waals surface area contributed by atoms with Gasteiger partial charge in [-0.1, -0.05) is 33.8 Å². The number of aromatic nitrogens is 4. The maximum Gasteiger partial charge on any atom is 0.407 e. The summed E-state index contributed by atoms with van der Waals surface area (Å²) < 4.78 is 24.0. The van der Waals surface area contributed by atoms with Crippen LogP contribution in [-0.4, -0.2) is 99.2 Å². The maximum absolute atomic E-state index is 14.4. The Morgan fingerprint density at radius 1 is 0.726 bits per heavy atom. The van der Waals surface area contributed by atoms with E-state index in [-0.39, 0.29) is 53.6 Å². The molecule has 3 aliphatic heterocycles. The number of ether oxygens (including phenoxy) is 2. The SMILES string of the molecule is COC(=O)N[C@H](C(=O)N1CCCC1c1nc2ccc([C@H]3CC[C@H](C4=Cc5nc([C@@H]6CCCN6C(=O)[C@@H](NC(=O)OC)C(C)C)[nH]c5CC4)N3c3ccc(F)cc3)cc2[nH]1)C(C)C. The largest absolute Gasteiger partial charge is 0.453 e. The van der Waals surface area contributed by atoms with Crippen molar-refractivity contribution in [3.05, 3.63) is 82.5 Å². The van der Waals surface area contributed by atoms with Crippen molar-refractivity contribution in [3.8, 4) is 0 Å². The van der Waals surface area contributed by atoms with Crippen LogP contribution in [0.1, 0.15) is 119 Å². The van der Waals surface area contributed by atoms with Gasteiger partial charge in [-0.25, -0.2) is 23.9 Å². The molecule has 0 bridgehead atoms. The third-order valence-corrected chi connectivity index (χ3v) is 13.1. The van der Waals surface area contributed by atoms with Crippen LogP contribution in [-0.2, 0) is 25.5 Å². The first kappa shape index (κ1) is 42.7. The fraction of sp³-hybridized carbons (Fsp3) is 0.522. The molecule has 8 rings (SSSR count).